The average molecular weight is 467 g/mol. The van der Waals surface area contributed by atoms with Gasteiger partial charge in [-0.05, 0) is 23.8 Å². The minimum absolute atomic E-state index is 0.268. The molecule has 0 radical (unpaired) electrons. The van der Waals surface area contributed by atoms with E-state index in [1.54, 1.807) is 30.3 Å². The fourth-order valence-corrected chi connectivity index (χ4v) is 3.70. The third-order valence-electron chi connectivity index (χ3n) is 5.50. The van der Waals surface area contributed by atoms with Crippen LogP contribution < -0.4 is 17.0 Å². The Morgan fingerprint density at radius 1 is 0.853 bits per heavy atom. The van der Waals surface area contributed by atoms with Crippen molar-refractivity contribution in [3.63, 3.8) is 0 Å². The van der Waals surface area contributed by atoms with E-state index in [4.69, 9.17) is 5.73 Å². The van der Waals surface area contributed by atoms with E-state index in [0.717, 1.165) is 33.5 Å². The van der Waals surface area contributed by atoms with Crippen molar-refractivity contribution < 1.29 is 18.3 Å². The predicted octanol–water partition coefficient (Wildman–Crippen LogP) is 3.55. The van der Waals surface area contributed by atoms with E-state index in [-0.39, 0.29) is 17.7 Å². The molecule has 6 nitrogen and oxygen atoms in total. The number of benzene rings is 3. The maximum absolute atomic E-state index is 14.7. The smallest absolute Gasteiger partial charge is 0.331 e. The maximum atomic E-state index is 14.7. The van der Waals surface area contributed by atoms with Crippen LogP contribution in [0, 0.1) is 17.5 Å². The monoisotopic (exact) mass is 467 g/mol. The van der Waals surface area contributed by atoms with Crippen LogP contribution in [0.4, 0.5) is 13.2 Å². The third kappa shape index (κ3) is 4.38. The molecule has 0 saturated carbocycles. The van der Waals surface area contributed by atoms with Gasteiger partial charge in [0.1, 0.15) is 11.6 Å². The lowest BCUT2D eigenvalue weighted by Gasteiger charge is -2.17. The molecule has 3 N–H and O–H groups in total. The lowest BCUT2D eigenvalue weighted by molar-refractivity contribution is 0.433. The number of aromatic nitrogens is 2. The van der Waals surface area contributed by atoms with Crippen LogP contribution in [0.1, 0.15) is 17.2 Å². The second-order valence-corrected chi connectivity index (χ2v) is 7.73. The molecule has 0 aliphatic rings. The number of phenolic OH excluding ortho intramolecular Hbond substituents is 1. The summed E-state index contributed by atoms with van der Waals surface area (Å²) in [4.78, 5) is 26.5. The van der Waals surface area contributed by atoms with Gasteiger partial charge < -0.3 is 10.8 Å². The molecule has 0 spiro atoms. The number of rotatable bonds is 6. The highest BCUT2D eigenvalue weighted by atomic mass is 19.1. The lowest BCUT2D eigenvalue weighted by atomic mass is 10.1. The Hall–Kier alpha value is -4.11. The quantitative estimate of drug-likeness (QED) is 0.454. The van der Waals surface area contributed by atoms with Crippen LogP contribution in [-0.4, -0.2) is 14.2 Å². The zero-order valence-corrected chi connectivity index (χ0v) is 17.8. The molecule has 9 heteroatoms. The van der Waals surface area contributed by atoms with E-state index in [9.17, 15) is 27.9 Å². The summed E-state index contributed by atoms with van der Waals surface area (Å²) in [6, 6.07) is 14.9. The molecule has 0 aliphatic carbocycles. The van der Waals surface area contributed by atoms with Crippen LogP contribution in [0.5, 0.6) is 5.75 Å². The van der Waals surface area contributed by atoms with Crippen molar-refractivity contribution in [2.45, 2.75) is 19.1 Å². The van der Waals surface area contributed by atoms with Crippen molar-refractivity contribution in [1.82, 2.24) is 9.13 Å². The molecule has 3 aromatic carbocycles. The second-order valence-electron chi connectivity index (χ2n) is 7.73. The largest absolute Gasteiger partial charge is 0.505 e. The van der Waals surface area contributed by atoms with Gasteiger partial charge in [-0.2, -0.15) is 0 Å². The van der Waals surface area contributed by atoms with Crippen LogP contribution in [0.15, 0.2) is 82.5 Å². The molecule has 0 amide bonds. The lowest BCUT2D eigenvalue weighted by Crippen LogP contribution is -2.42. The fourth-order valence-electron chi connectivity index (χ4n) is 3.70. The first-order valence-electron chi connectivity index (χ1n) is 10.3. The molecule has 4 rings (SSSR count). The number of nitrogens with two attached hydrogens (primary N) is 1. The summed E-state index contributed by atoms with van der Waals surface area (Å²) in [5, 5.41) is 9.78. The number of phenols is 1. The second kappa shape index (κ2) is 9.40. The Morgan fingerprint density at radius 2 is 1.50 bits per heavy atom. The molecular weight excluding hydrogens is 447 g/mol. The van der Waals surface area contributed by atoms with Crippen LogP contribution >= 0.6 is 0 Å². The minimum atomic E-state index is -1.07. The molecule has 1 aromatic heterocycles. The van der Waals surface area contributed by atoms with Crippen molar-refractivity contribution in [1.29, 1.82) is 0 Å². The van der Waals surface area contributed by atoms with Crippen LogP contribution in [0.3, 0.4) is 0 Å². The van der Waals surface area contributed by atoms with Crippen LogP contribution in [0.25, 0.3) is 11.1 Å². The highest BCUT2D eigenvalue weighted by molar-refractivity contribution is 5.64. The van der Waals surface area contributed by atoms with Crippen molar-refractivity contribution >= 4 is 0 Å². The first-order chi connectivity index (χ1) is 16.3. The molecule has 1 atom stereocenters. The first-order valence-corrected chi connectivity index (χ1v) is 10.3. The molecule has 0 saturated heterocycles. The number of hydrogen-bond acceptors (Lipinski definition) is 4. The number of hydrogen-bond donors (Lipinski definition) is 2. The molecular formula is C25H20F3N3O3. The van der Waals surface area contributed by atoms with Gasteiger partial charge >= 0.3 is 5.69 Å². The van der Waals surface area contributed by atoms with Gasteiger partial charge in [-0.25, -0.2) is 18.0 Å². The summed E-state index contributed by atoms with van der Waals surface area (Å²) in [6.45, 7) is -0.818. The molecule has 4 aromatic rings. The van der Waals surface area contributed by atoms with E-state index < -0.39 is 52.6 Å². The van der Waals surface area contributed by atoms with Crippen LogP contribution in [-0.2, 0) is 13.1 Å². The molecule has 34 heavy (non-hydrogen) atoms. The topological polar surface area (TPSA) is 90.2 Å². The van der Waals surface area contributed by atoms with Gasteiger partial charge in [0.25, 0.3) is 5.56 Å². The first kappa shape index (κ1) is 23.1. The van der Waals surface area contributed by atoms with E-state index >= 15 is 0 Å². The van der Waals surface area contributed by atoms with E-state index in [1.807, 2.05) is 0 Å². The highest BCUT2D eigenvalue weighted by Crippen LogP contribution is 2.26. The normalized spacial score (nSPS) is 12.0. The van der Waals surface area contributed by atoms with Gasteiger partial charge in [-0.3, -0.25) is 13.9 Å². The summed E-state index contributed by atoms with van der Waals surface area (Å²) in [5.74, 6) is -3.52. The molecule has 0 fully saturated rings. The standard InChI is InChI=1S/C25H20F3N3O3/c26-19-9-5-10-20(27)18(19)13-30-12-17(16-8-4-11-22(32)23(16)28)24(33)31(25(30)34)14-21(29)15-6-2-1-3-7-15/h1-12,21,32H,13-14,29H2/t21-/m0/s1. The number of nitrogens with zero attached hydrogens (tertiary/aromatic N) is 2. The van der Waals surface area contributed by atoms with Gasteiger partial charge in [-0.1, -0.05) is 48.5 Å². The minimum Gasteiger partial charge on any atom is -0.505 e. The Bertz CT molecular complexity index is 1450. The van der Waals surface area contributed by atoms with Gasteiger partial charge in [0.2, 0.25) is 0 Å². The maximum Gasteiger partial charge on any atom is 0.331 e. The number of halogens is 3. The third-order valence-corrected chi connectivity index (χ3v) is 5.50. The summed E-state index contributed by atoms with van der Waals surface area (Å²) in [5.41, 5.74) is 4.20. The van der Waals surface area contributed by atoms with Crippen LogP contribution in [0.2, 0.25) is 0 Å². The van der Waals surface area contributed by atoms with Gasteiger partial charge in [-0.15, -0.1) is 0 Å². The van der Waals surface area contributed by atoms with E-state index in [0.29, 0.717) is 5.56 Å². The Balaban J connectivity index is 1.91. The highest BCUT2D eigenvalue weighted by Gasteiger charge is 2.21. The van der Waals surface area contributed by atoms with Gasteiger partial charge in [0.15, 0.2) is 11.6 Å². The Labute approximate surface area is 192 Å². The average Bonchev–Trinajstić information content (AvgIpc) is 2.83. The Kier molecular flexibility index (Phi) is 6.38. The molecule has 0 unspecified atom stereocenters. The fraction of sp³-hybridized carbons (Fsp3) is 0.120. The summed E-state index contributed by atoms with van der Waals surface area (Å²) < 4.78 is 45.0. The van der Waals surface area contributed by atoms with Gasteiger partial charge in [0.05, 0.1) is 18.7 Å². The molecule has 0 aliphatic heterocycles. The van der Waals surface area contributed by atoms with Crippen molar-refractivity contribution in [3.8, 4) is 16.9 Å². The van der Waals surface area contributed by atoms with E-state index in [1.165, 1.54) is 18.2 Å². The van der Waals surface area contributed by atoms with Gasteiger partial charge in [0, 0.05) is 23.4 Å². The molecule has 174 valence electrons. The zero-order chi connectivity index (χ0) is 24.4. The SMILES string of the molecule is N[C@@H](Cn1c(=O)c(-c2cccc(O)c2F)cn(Cc2c(F)cccc2F)c1=O)c1ccccc1. The summed E-state index contributed by atoms with van der Waals surface area (Å²) in [7, 11) is 0. The Morgan fingerprint density at radius 3 is 2.18 bits per heavy atom. The van der Waals surface area contributed by atoms with Crippen molar-refractivity contribution in [3.05, 3.63) is 122 Å². The summed E-state index contributed by atoms with van der Waals surface area (Å²) in [6.07, 6.45) is 1.03. The summed E-state index contributed by atoms with van der Waals surface area (Å²) >= 11 is 0. The van der Waals surface area contributed by atoms with E-state index in [2.05, 4.69) is 0 Å². The van der Waals surface area contributed by atoms with Crippen molar-refractivity contribution in [2.75, 3.05) is 0 Å². The van der Waals surface area contributed by atoms with Crippen molar-refractivity contribution in [2.24, 2.45) is 5.73 Å². The zero-order valence-electron chi connectivity index (χ0n) is 17.8. The molecule has 1 heterocycles. The molecule has 0 bridgehead atoms. The predicted molar refractivity (Wildman–Crippen MR) is 121 cm³/mol. The number of aromatic hydroxyl groups is 1.